The number of thioether (sulfide) groups is 1. The lowest BCUT2D eigenvalue weighted by Crippen LogP contribution is -2.40. The minimum Gasteiger partial charge on any atom is -0.379 e. The fourth-order valence-electron chi connectivity index (χ4n) is 1.83. The number of hydrogen-bond acceptors (Lipinski definition) is 3. The first-order valence-corrected chi connectivity index (χ1v) is 8.77. The van der Waals surface area contributed by atoms with Crippen molar-refractivity contribution in [1.29, 1.82) is 0 Å². The summed E-state index contributed by atoms with van der Waals surface area (Å²) in [6.07, 6.45) is 1.28. The second kappa shape index (κ2) is 13.9. The zero-order chi connectivity index (χ0) is 16.2. The average molecular weight is 451 g/mol. The largest absolute Gasteiger partial charge is 0.379 e. The number of benzene rings is 1. The van der Waals surface area contributed by atoms with Crippen LogP contribution in [0.5, 0.6) is 0 Å². The maximum absolute atomic E-state index is 5.52. The summed E-state index contributed by atoms with van der Waals surface area (Å²) in [5.74, 6) is 0.852. The van der Waals surface area contributed by atoms with Crippen LogP contribution in [-0.2, 0) is 4.74 Å². The second-order valence-corrected chi connectivity index (χ2v) is 6.91. The third kappa shape index (κ3) is 11.7. The summed E-state index contributed by atoms with van der Waals surface area (Å²) in [6.45, 7) is 8.85. The van der Waals surface area contributed by atoms with Crippen LogP contribution >= 0.6 is 35.7 Å². The average Bonchev–Trinajstić information content (AvgIpc) is 2.50. The van der Waals surface area contributed by atoms with E-state index in [9.17, 15) is 0 Å². The molecule has 0 aliphatic heterocycles. The Morgan fingerprint density at radius 2 is 1.87 bits per heavy atom. The van der Waals surface area contributed by atoms with Gasteiger partial charge in [0.05, 0.1) is 6.10 Å². The summed E-state index contributed by atoms with van der Waals surface area (Å²) < 4.78 is 5.52. The van der Waals surface area contributed by atoms with E-state index in [1.807, 2.05) is 17.8 Å². The Morgan fingerprint density at radius 1 is 1.17 bits per heavy atom. The molecule has 1 unspecified atom stereocenters. The van der Waals surface area contributed by atoms with E-state index in [2.05, 4.69) is 60.7 Å². The number of aliphatic imine (C=N–C) groups is 1. The van der Waals surface area contributed by atoms with Gasteiger partial charge in [0, 0.05) is 36.9 Å². The Hall–Kier alpha value is -0.470. The van der Waals surface area contributed by atoms with Gasteiger partial charge in [0.2, 0.25) is 0 Å². The number of guanidine groups is 1. The van der Waals surface area contributed by atoms with Gasteiger partial charge < -0.3 is 15.4 Å². The summed E-state index contributed by atoms with van der Waals surface area (Å²) in [5, 5.41) is 7.16. The molecule has 0 aliphatic rings. The molecule has 2 N–H and O–H groups in total. The first-order valence-electron chi connectivity index (χ1n) is 7.89. The molecule has 0 aromatic heterocycles. The van der Waals surface area contributed by atoms with E-state index in [0.717, 1.165) is 32.1 Å². The lowest BCUT2D eigenvalue weighted by molar-refractivity contribution is 0.0776. The Labute approximate surface area is 162 Å². The van der Waals surface area contributed by atoms with Crippen molar-refractivity contribution in [3.05, 3.63) is 30.3 Å². The van der Waals surface area contributed by atoms with Crippen LogP contribution in [-0.4, -0.2) is 44.1 Å². The highest BCUT2D eigenvalue weighted by atomic mass is 127. The van der Waals surface area contributed by atoms with Crippen LogP contribution < -0.4 is 10.6 Å². The quantitative estimate of drug-likeness (QED) is 0.197. The summed E-state index contributed by atoms with van der Waals surface area (Å²) in [4.78, 5) is 5.54. The van der Waals surface area contributed by atoms with E-state index in [-0.39, 0.29) is 24.0 Å². The highest BCUT2D eigenvalue weighted by molar-refractivity contribution is 14.0. The van der Waals surface area contributed by atoms with Crippen molar-refractivity contribution in [3.63, 3.8) is 0 Å². The third-order valence-corrected chi connectivity index (χ3v) is 4.04. The summed E-state index contributed by atoms with van der Waals surface area (Å²) in [5.41, 5.74) is 0. The molecule has 1 atom stereocenters. The van der Waals surface area contributed by atoms with Crippen LogP contribution in [0.2, 0.25) is 0 Å². The Bertz CT molecular complexity index is 429. The predicted octanol–water partition coefficient (Wildman–Crippen LogP) is 3.77. The van der Waals surface area contributed by atoms with Gasteiger partial charge >= 0.3 is 0 Å². The summed E-state index contributed by atoms with van der Waals surface area (Å²) >= 11 is 1.87. The molecule has 0 aliphatic carbocycles. The molecule has 0 radical (unpaired) electrons. The first-order chi connectivity index (χ1) is 10.6. The first kappa shape index (κ1) is 22.5. The van der Waals surface area contributed by atoms with E-state index in [1.54, 1.807) is 7.05 Å². The molecule has 23 heavy (non-hydrogen) atoms. The van der Waals surface area contributed by atoms with Crippen molar-refractivity contribution in [3.8, 4) is 0 Å². The van der Waals surface area contributed by atoms with Crippen molar-refractivity contribution in [1.82, 2.24) is 10.6 Å². The van der Waals surface area contributed by atoms with Crippen LogP contribution in [0, 0.1) is 0 Å². The molecule has 0 saturated carbocycles. The van der Waals surface area contributed by atoms with Gasteiger partial charge in [-0.2, -0.15) is 0 Å². The number of halogens is 1. The molecule has 1 rings (SSSR count). The fraction of sp³-hybridized carbons (Fsp3) is 0.588. The highest BCUT2D eigenvalue weighted by Crippen LogP contribution is 2.21. The van der Waals surface area contributed by atoms with Crippen molar-refractivity contribution in [2.24, 2.45) is 4.99 Å². The lowest BCUT2D eigenvalue weighted by atomic mass is 10.4. The molecular weight excluding hydrogens is 421 g/mol. The molecular formula is C17H30IN3OS. The zero-order valence-corrected chi connectivity index (χ0v) is 17.7. The third-order valence-electron chi connectivity index (χ3n) is 2.93. The van der Waals surface area contributed by atoms with E-state index >= 15 is 0 Å². The summed E-state index contributed by atoms with van der Waals surface area (Å²) in [7, 11) is 1.80. The number of rotatable bonds is 9. The molecule has 4 nitrogen and oxygen atoms in total. The van der Waals surface area contributed by atoms with E-state index in [0.29, 0.717) is 11.4 Å². The lowest BCUT2D eigenvalue weighted by Gasteiger charge is -2.16. The van der Waals surface area contributed by atoms with Gasteiger partial charge in [-0.15, -0.1) is 35.7 Å². The topological polar surface area (TPSA) is 45.7 Å². The molecule has 0 spiro atoms. The number of hydrogen-bond donors (Lipinski definition) is 2. The monoisotopic (exact) mass is 451 g/mol. The van der Waals surface area contributed by atoms with Gasteiger partial charge in [-0.25, -0.2) is 0 Å². The maximum Gasteiger partial charge on any atom is 0.191 e. The highest BCUT2D eigenvalue weighted by Gasteiger charge is 2.05. The van der Waals surface area contributed by atoms with Gasteiger partial charge in [0.1, 0.15) is 0 Å². The number of nitrogens with zero attached hydrogens (tertiary/aromatic N) is 1. The minimum absolute atomic E-state index is 0. The molecule has 132 valence electrons. The molecule has 1 aromatic rings. The Kier molecular flexibility index (Phi) is 13.6. The second-order valence-electron chi connectivity index (χ2n) is 5.39. The van der Waals surface area contributed by atoms with Crippen LogP contribution in [0.4, 0.5) is 0 Å². The molecule has 1 aromatic carbocycles. The normalized spacial score (nSPS) is 12.7. The minimum atomic E-state index is 0. The number of ether oxygens (including phenoxy) is 1. The van der Waals surface area contributed by atoms with E-state index < -0.39 is 0 Å². The Morgan fingerprint density at radius 3 is 2.48 bits per heavy atom. The Balaban J connectivity index is 0.00000484. The van der Waals surface area contributed by atoms with Crippen molar-refractivity contribution in [2.45, 2.75) is 43.4 Å². The SMILES string of the molecule is CN=C(NCCCOC(C)C)NCC(C)Sc1ccccc1.I. The zero-order valence-electron chi connectivity index (χ0n) is 14.5. The van der Waals surface area contributed by atoms with Gasteiger partial charge in [0.15, 0.2) is 5.96 Å². The fourth-order valence-corrected chi connectivity index (χ4v) is 2.78. The van der Waals surface area contributed by atoms with Gasteiger partial charge in [-0.05, 0) is 32.4 Å². The van der Waals surface area contributed by atoms with E-state index in [4.69, 9.17) is 4.74 Å². The van der Waals surface area contributed by atoms with Crippen molar-refractivity contribution in [2.75, 3.05) is 26.7 Å². The molecule has 0 amide bonds. The van der Waals surface area contributed by atoms with Crippen LogP contribution in [0.15, 0.2) is 40.2 Å². The molecule has 0 fully saturated rings. The molecule has 6 heteroatoms. The summed E-state index contributed by atoms with van der Waals surface area (Å²) in [6, 6.07) is 10.5. The van der Waals surface area contributed by atoms with Crippen molar-refractivity contribution < 1.29 is 4.74 Å². The van der Waals surface area contributed by atoms with E-state index in [1.165, 1.54) is 4.90 Å². The molecule has 0 heterocycles. The van der Waals surface area contributed by atoms with Gasteiger partial charge in [0.25, 0.3) is 0 Å². The van der Waals surface area contributed by atoms with Crippen LogP contribution in [0.3, 0.4) is 0 Å². The number of nitrogens with one attached hydrogen (secondary N) is 2. The van der Waals surface area contributed by atoms with Crippen LogP contribution in [0.1, 0.15) is 27.2 Å². The maximum atomic E-state index is 5.52. The van der Waals surface area contributed by atoms with Crippen LogP contribution in [0.25, 0.3) is 0 Å². The van der Waals surface area contributed by atoms with Gasteiger partial charge in [-0.3, -0.25) is 4.99 Å². The van der Waals surface area contributed by atoms with Gasteiger partial charge in [-0.1, -0.05) is 25.1 Å². The van der Waals surface area contributed by atoms with Crippen molar-refractivity contribution >= 4 is 41.7 Å². The molecule has 0 saturated heterocycles. The predicted molar refractivity (Wildman–Crippen MR) is 112 cm³/mol. The standard InChI is InChI=1S/C17H29N3OS.HI/c1-14(2)21-12-8-11-19-17(18-4)20-13-15(3)22-16-9-6-5-7-10-16;/h5-7,9-10,14-15H,8,11-13H2,1-4H3,(H2,18,19,20);1H. The molecule has 0 bridgehead atoms. The smallest absolute Gasteiger partial charge is 0.191 e.